The molecule has 0 aromatic heterocycles. The van der Waals surface area contributed by atoms with Crippen LogP contribution in [0.15, 0.2) is 0 Å². The van der Waals surface area contributed by atoms with Gasteiger partial charge in [0.15, 0.2) is 9.84 Å². The first kappa shape index (κ1) is 41.0. The van der Waals surface area contributed by atoms with Crippen LogP contribution >= 0.6 is 0 Å². The number of terminal acetylenes is 1. The van der Waals surface area contributed by atoms with Gasteiger partial charge in [-0.2, -0.15) is 0 Å². The zero-order valence-corrected chi connectivity index (χ0v) is 33.6. The number of carbonyl (C=O) groups is 5. The van der Waals surface area contributed by atoms with E-state index in [-0.39, 0.29) is 47.8 Å². The number of hydrogen-bond acceptors (Lipinski definition) is 7. The van der Waals surface area contributed by atoms with Crippen molar-refractivity contribution in [3.8, 4) is 12.3 Å². The van der Waals surface area contributed by atoms with Gasteiger partial charge in [0.2, 0.25) is 17.6 Å². The Labute approximate surface area is 316 Å². The van der Waals surface area contributed by atoms with Crippen LogP contribution in [0, 0.1) is 40.9 Å². The van der Waals surface area contributed by atoms with Crippen molar-refractivity contribution >= 4 is 39.4 Å². The van der Waals surface area contributed by atoms with Gasteiger partial charge in [-0.05, 0) is 81.5 Å². The lowest BCUT2D eigenvalue weighted by Crippen LogP contribution is -2.65. The van der Waals surface area contributed by atoms with Crippen molar-refractivity contribution < 1.29 is 32.4 Å². The lowest BCUT2D eigenvalue weighted by Gasteiger charge is -2.44. The van der Waals surface area contributed by atoms with Crippen molar-refractivity contribution in [2.24, 2.45) is 28.6 Å². The second kappa shape index (κ2) is 15.5. The number of amides is 5. The number of sulfone groups is 1. The summed E-state index contributed by atoms with van der Waals surface area (Å²) in [5.74, 6) is 0.0916. The van der Waals surface area contributed by atoms with Gasteiger partial charge in [0, 0.05) is 19.5 Å². The second-order valence-corrected chi connectivity index (χ2v) is 21.4. The number of hydrogen-bond donors (Lipinski definition) is 4. The normalized spacial score (nSPS) is 26.9. The molecule has 0 aromatic rings. The summed E-state index contributed by atoms with van der Waals surface area (Å²) in [4.78, 5) is 71.1. The summed E-state index contributed by atoms with van der Waals surface area (Å²) in [6.45, 7) is 11.7. The molecule has 0 bridgehead atoms. The van der Waals surface area contributed by atoms with Crippen molar-refractivity contribution in [3.05, 3.63) is 0 Å². The summed E-state index contributed by atoms with van der Waals surface area (Å²) >= 11 is 0. The van der Waals surface area contributed by atoms with Crippen LogP contribution in [-0.2, 0) is 29.0 Å². The highest BCUT2D eigenvalue weighted by molar-refractivity contribution is 7.92. The van der Waals surface area contributed by atoms with E-state index in [1.54, 1.807) is 25.7 Å². The quantitative estimate of drug-likeness (QED) is 0.118. The van der Waals surface area contributed by atoms with Crippen molar-refractivity contribution in [2.45, 2.75) is 160 Å². The van der Waals surface area contributed by atoms with E-state index < -0.39 is 67.3 Å². The van der Waals surface area contributed by atoms with Gasteiger partial charge in [-0.15, -0.1) is 12.3 Å². The highest BCUT2D eigenvalue weighted by Gasteiger charge is 2.70. The Bertz CT molecular complexity index is 1580. The molecule has 1 aliphatic heterocycles. The number of urea groups is 1. The number of likely N-dealkylation sites (tertiary alicyclic amines) is 1. The predicted octanol–water partition coefficient (Wildman–Crippen LogP) is 4.02. The fourth-order valence-corrected chi connectivity index (χ4v) is 10.9. The molecule has 0 aromatic carbocycles. The predicted molar refractivity (Wildman–Crippen MR) is 203 cm³/mol. The van der Waals surface area contributed by atoms with E-state index in [4.69, 9.17) is 6.42 Å². The third-order valence-electron chi connectivity index (χ3n) is 13.2. The van der Waals surface area contributed by atoms with Crippen LogP contribution in [0.1, 0.15) is 131 Å². The van der Waals surface area contributed by atoms with Crippen molar-refractivity contribution in [1.29, 1.82) is 0 Å². The molecule has 0 spiro atoms. The lowest BCUT2D eigenvalue weighted by atomic mass is 9.70. The molecule has 1 unspecified atom stereocenters. The van der Waals surface area contributed by atoms with Gasteiger partial charge >= 0.3 is 6.03 Å². The smallest absolute Gasteiger partial charge is 0.315 e. The molecular weight excluding hydrogens is 695 g/mol. The molecule has 53 heavy (non-hydrogen) atoms. The minimum atomic E-state index is -3.57. The average Bonchev–Trinajstić information content (AvgIpc) is 3.93. The van der Waals surface area contributed by atoms with Crippen LogP contribution in [0.5, 0.6) is 0 Å². The third-order valence-corrected chi connectivity index (χ3v) is 16.0. The van der Waals surface area contributed by atoms with Gasteiger partial charge in [-0.3, -0.25) is 19.2 Å². The molecular formula is C40H63N5O7S. The van der Waals surface area contributed by atoms with Gasteiger partial charge < -0.3 is 26.2 Å². The summed E-state index contributed by atoms with van der Waals surface area (Å²) in [7, 11) is -3.57. The Kier molecular flexibility index (Phi) is 12.0. The number of fused-ring (bicyclic) bond motifs is 1. The van der Waals surface area contributed by atoms with Gasteiger partial charge in [0.1, 0.15) is 12.1 Å². The number of piperidine rings is 1. The number of carbonyl (C=O) groups excluding carboxylic acids is 5. The fourth-order valence-electron chi connectivity index (χ4n) is 9.35. The Morgan fingerprint density at radius 1 is 0.906 bits per heavy atom. The van der Waals surface area contributed by atoms with Gasteiger partial charge in [0.05, 0.1) is 22.1 Å². The first-order valence-corrected chi connectivity index (χ1v) is 21.6. The van der Waals surface area contributed by atoms with Crippen LogP contribution in [0.3, 0.4) is 0 Å². The zero-order chi connectivity index (χ0) is 39.0. The molecule has 5 aliphatic rings. The largest absolute Gasteiger partial charge is 0.348 e. The van der Waals surface area contributed by atoms with E-state index >= 15 is 0 Å². The number of nitrogens with zero attached hydrogens (tertiary/aromatic N) is 1. The molecule has 13 heteroatoms. The first-order valence-electron chi connectivity index (χ1n) is 19.9. The monoisotopic (exact) mass is 757 g/mol. The van der Waals surface area contributed by atoms with Crippen molar-refractivity contribution in [3.63, 3.8) is 0 Å². The van der Waals surface area contributed by atoms with E-state index in [9.17, 15) is 32.4 Å². The van der Waals surface area contributed by atoms with Crippen molar-refractivity contribution in [2.75, 3.05) is 18.8 Å². The van der Waals surface area contributed by atoms with Crippen LogP contribution in [-0.4, -0.2) is 90.1 Å². The first-order chi connectivity index (χ1) is 24.8. The average molecular weight is 758 g/mol. The maximum absolute atomic E-state index is 14.9. The summed E-state index contributed by atoms with van der Waals surface area (Å²) in [6, 6.07) is -3.42. The molecule has 1 heterocycles. The molecule has 296 valence electrons. The Hall–Kier alpha value is -3.14. The molecule has 1 saturated heterocycles. The highest BCUT2D eigenvalue weighted by atomic mass is 32.2. The molecule has 4 N–H and O–H groups in total. The number of rotatable bonds is 14. The van der Waals surface area contributed by atoms with E-state index in [0.29, 0.717) is 38.6 Å². The summed E-state index contributed by atoms with van der Waals surface area (Å²) in [6.07, 6.45) is 15.6. The topological polar surface area (TPSA) is 171 Å². The van der Waals surface area contributed by atoms with E-state index in [0.717, 1.165) is 51.4 Å². The summed E-state index contributed by atoms with van der Waals surface area (Å²) in [5.41, 5.74) is -1.75. The standard InChI is InChI=1S/C40H63N5O7S/c1-8-9-22-41-34(48)31(46)28(23-26-16-17-26)42-33(47)30-29-27(38(29,5)6)24-45(30)35(49)32(39(7)18-12-10-13-19-39)43-36(50)44-40(20-14-11-15-21-40)25-53(51,52)37(2,3)4/h1,26-30,32H,9-25H2,2-7H3,(H,41,48)(H,42,47)(H2,43,44,50)/t27-,28?,29-,30-,32+/m0/s1. The molecule has 12 nitrogen and oxygen atoms in total. The third kappa shape index (κ3) is 9.05. The molecule has 0 radical (unpaired) electrons. The van der Waals surface area contributed by atoms with E-state index in [2.05, 4.69) is 41.0 Å². The molecule has 4 saturated carbocycles. The van der Waals surface area contributed by atoms with Gasteiger partial charge in [-0.1, -0.05) is 72.1 Å². The molecule has 5 amide bonds. The maximum atomic E-state index is 14.9. The zero-order valence-electron chi connectivity index (χ0n) is 32.8. The lowest BCUT2D eigenvalue weighted by molar-refractivity contribution is -0.146. The molecule has 5 rings (SSSR count). The number of ketones is 1. The highest BCUT2D eigenvalue weighted by Crippen LogP contribution is 2.65. The Balaban J connectivity index is 1.39. The summed E-state index contributed by atoms with van der Waals surface area (Å²) in [5, 5.41) is 11.6. The van der Waals surface area contributed by atoms with Crippen LogP contribution in [0.2, 0.25) is 0 Å². The minimum Gasteiger partial charge on any atom is -0.348 e. The van der Waals surface area contributed by atoms with E-state index in [1.165, 1.54) is 0 Å². The SMILES string of the molecule is C#CCCNC(=O)C(=O)C(CC1CC1)NC(=O)[C@@H]1[C@@H]2[C@H](CN1C(=O)[C@@H](NC(=O)NC1(CS(=O)(=O)C(C)(C)C)CCCCC1)C1(C)CCCCC1)C2(C)C. The van der Waals surface area contributed by atoms with Crippen molar-refractivity contribution in [1.82, 2.24) is 26.2 Å². The minimum absolute atomic E-state index is 0.0635. The fraction of sp³-hybridized carbons (Fsp3) is 0.825. The molecule has 5 fully saturated rings. The Morgan fingerprint density at radius 2 is 1.51 bits per heavy atom. The maximum Gasteiger partial charge on any atom is 0.315 e. The van der Waals surface area contributed by atoms with Crippen LogP contribution in [0.25, 0.3) is 0 Å². The Morgan fingerprint density at radius 3 is 2.08 bits per heavy atom. The van der Waals surface area contributed by atoms with Crippen LogP contribution < -0.4 is 21.3 Å². The van der Waals surface area contributed by atoms with E-state index in [1.807, 2.05) is 6.92 Å². The van der Waals surface area contributed by atoms with Crippen LogP contribution in [0.4, 0.5) is 4.79 Å². The number of Topliss-reactive ketones (excluding diaryl/α,β-unsaturated/α-hetero) is 1. The molecule has 4 aliphatic carbocycles. The number of nitrogens with one attached hydrogen (secondary N) is 4. The van der Waals surface area contributed by atoms with Gasteiger partial charge in [-0.25, -0.2) is 13.2 Å². The van der Waals surface area contributed by atoms with Gasteiger partial charge in [0.25, 0.3) is 5.91 Å². The molecule has 5 atom stereocenters. The summed E-state index contributed by atoms with van der Waals surface area (Å²) < 4.78 is 25.9. The second-order valence-electron chi connectivity index (χ2n) is 18.7.